The fraction of sp³-hybridized carbons (Fsp3) is 0.385. The third kappa shape index (κ3) is 5.95. The molecule has 0 heterocycles. The lowest BCUT2D eigenvalue weighted by atomic mass is 10.1. The van der Waals surface area contributed by atoms with Crippen LogP contribution in [0.2, 0.25) is 0 Å². The number of carboxylic acids is 2. The molecule has 0 bridgehead atoms. The second kappa shape index (κ2) is 8.05. The van der Waals surface area contributed by atoms with Crippen molar-refractivity contribution in [2.45, 2.75) is 18.9 Å². The van der Waals surface area contributed by atoms with E-state index in [9.17, 15) is 14.5 Å². The van der Waals surface area contributed by atoms with Crippen molar-refractivity contribution in [2.75, 3.05) is 13.3 Å². The molecule has 9 heteroatoms. The van der Waals surface area contributed by atoms with E-state index in [-0.39, 0.29) is 24.8 Å². The van der Waals surface area contributed by atoms with Crippen LogP contribution >= 0.6 is 7.94 Å². The number of carboxylic acid groups (broad SMARTS) is 2. The van der Waals surface area contributed by atoms with Crippen molar-refractivity contribution in [2.24, 2.45) is 0 Å². The van der Waals surface area contributed by atoms with Crippen molar-refractivity contribution in [3.05, 3.63) is 29.8 Å². The van der Waals surface area contributed by atoms with Gasteiger partial charge in [0, 0.05) is 6.42 Å². The Labute approximate surface area is 128 Å². The number of hydrogen-bond acceptors (Lipinski definition) is 5. The van der Waals surface area contributed by atoms with E-state index in [0.29, 0.717) is 5.56 Å². The van der Waals surface area contributed by atoms with Gasteiger partial charge in [-0.3, -0.25) is 4.79 Å². The molecule has 1 aromatic carbocycles. The minimum atomic E-state index is -3.52. The molecule has 2 unspecified atom stereocenters. The number of aliphatic carboxylic acids is 2. The second-order valence-corrected chi connectivity index (χ2v) is 6.87. The molecule has 1 rings (SSSR count). The zero-order valence-corrected chi connectivity index (χ0v) is 13.0. The molecule has 0 radical (unpaired) electrons. The number of benzene rings is 1. The van der Waals surface area contributed by atoms with Gasteiger partial charge in [-0.2, -0.15) is 0 Å². The standard InChI is InChI=1S/C13H18NO7P/c1-20-22(19,6-5-11(14)13(17)18)21-10-4-2-3-9(7-10)8-12(15)16/h2-4,7,11H,5-6,8,14H2,1H3,(H,15,16)(H,17,18)/p+1. The Kier molecular flexibility index (Phi) is 6.70. The third-order valence-electron chi connectivity index (χ3n) is 2.88. The molecule has 5 N–H and O–H groups in total. The first kappa shape index (κ1) is 18.3. The van der Waals surface area contributed by atoms with E-state index in [0.717, 1.165) is 0 Å². The molecule has 0 saturated carbocycles. The van der Waals surface area contributed by atoms with Crippen LogP contribution in [0.3, 0.4) is 0 Å². The maximum absolute atomic E-state index is 12.4. The van der Waals surface area contributed by atoms with E-state index in [1.807, 2.05) is 0 Å². The predicted molar refractivity (Wildman–Crippen MR) is 76.1 cm³/mol. The highest BCUT2D eigenvalue weighted by Crippen LogP contribution is 2.52. The van der Waals surface area contributed by atoms with Crippen LogP contribution in [0, 0.1) is 0 Å². The Bertz CT molecular complexity index is 539. The van der Waals surface area contributed by atoms with Gasteiger partial charge in [0.1, 0.15) is 6.16 Å². The number of rotatable bonds is 9. The van der Waals surface area contributed by atoms with Crippen LogP contribution in [-0.4, -0.2) is 41.5 Å². The Hall–Kier alpha value is -1.73. The lowest BCUT2D eigenvalue weighted by Gasteiger charge is -2.26. The smallest absolute Gasteiger partial charge is 0.362 e. The van der Waals surface area contributed by atoms with Gasteiger partial charge in [0.05, 0.1) is 13.5 Å². The molecular weight excluding hydrogens is 313 g/mol. The molecule has 0 aromatic heterocycles. The first-order valence-electron chi connectivity index (χ1n) is 6.47. The van der Waals surface area contributed by atoms with Crippen LogP contribution < -0.4 is 15.2 Å². The average Bonchev–Trinajstić information content (AvgIpc) is 2.44. The Morgan fingerprint density at radius 1 is 1.41 bits per heavy atom. The molecule has 2 atom stereocenters. The van der Waals surface area contributed by atoms with Crippen molar-refractivity contribution in [3.8, 4) is 5.75 Å². The second-order valence-electron chi connectivity index (χ2n) is 4.65. The number of hydrogen-bond donors (Lipinski definition) is 3. The average molecular weight is 332 g/mol. The van der Waals surface area contributed by atoms with Crippen molar-refractivity contribution < 1.29 is 39.5 Å². The summed E-state index contributed by atoms with van der Waals surface area (Å²) in [5.41, 5.74) is 3.93. The Morgan fingerprint density at radius 3 is 2.64 bits per heavy atom. The van der Waals surface area contributed by atoms with Crippen molar-refractivity contribution >= 4 is 19.9 Å². The summed E-state index contributed by atoms with van der Waals surface area (Å²) < 4.78 is 10.2. The molecule has 0 aliphatic carbocycles. The van der Waals surface area contributed by atoms with Gasteiger partial charge in [-0.05, 0) is 17.7 Å². The SMILES string of the molecule is CO[P+]([O-])(CCC([NH3+])C(=O)O)Oc1cccc(CC(=O)O)c1. The van der Waals surface area contributed by atoms with Crippen LogP contribution in [0.15, 0.2) is 24.3 Å². The first-order valence-corrected chi connectivity index (χ1v) is 8.19. The van der Waals surface area contributed by atoms with Crippen LogP contribution in [0.25, 0.3) is 0 Å². The van der Waals surface area contributed by atoms with Crippen molar-refractivity contribution in [3.63, 3.8) is 0 Å². The minimum Gasteiger partial charge on any atom is -0.624 e. The zero-order chi connectivity index (χ0) is 16.8. The van der Waals surface area contributed by atoms with Crippen molar-refractivity contribution in [1.82, 2.24) is 0 Å². The van der Waals surface area contributed by atoms with Gasteiger partial charge in [-0.15, -0.1) is 0 Å². The summed E-state index contributed by atoms with van der Waals surface area (Å²) in [6.07, 6.45) is -0.253. The molecule has 0 spiro atoms. The lowest BCUT2D eigenvalue weighted by Crippen LogP contribution is -2.65. The van der Waals surface area contributed by atoms with E-state index < -0.39 is 25.9 Å². The highest BCUT2D eigenvalue weighted by molar-refractivity contribution is 7.59. The zero-order valence-electron chi connectivity index (χ0n) is 12.1. The third-order valence-corrected chi connectivity index (χ3v) is 4.73. The molecule has 0 saturated heterocycles. The van der Waals surface area contributed by atoms with Gasteiger partial charge in [-0.1, -0.05) is 12.1 Å². The van der Waals surface area contributed by atoms with E-state index in [1.165, 1.54) is 19.2 Å². The Morgan fingerprint density at radius 2 is 2.09 bits per heavy atom. The summed E-state index contributed by atoms with van der Waals surface area (Å²) in [4.78, 5) is 33.8. The highest BCUT2D eigenvalue weighted by atomic mass is 31.2. The summed E-state index contributed by atoms with van der Waals surface area (Å²) >= 11 is 0. The van der Waals surface area contributed by atoms with Gasteiger partial charge >= 0.3 is 11.9 Å². The first-order chi connectivity index (χ1) is 10.3. The summed E-state index contributed by atoms with van der Waals surface area (Å²) in [7, 11) is -2.31. The fourth-order valence-corrected chi connectivity index (χ4v) is 3.07. The monoisotopic (exact) mass is 332 g/mol. The van der Waals surface area contributed by atoms with Gasteiger partial charge in [0.2, 0.25) is 0 Å². The fourth-order valence-electron chi connectivity index (χ4n) is 1.66. The molecule has 0 fully saturated rings. The summed E-state index contributed by atoms with van der Waals surface area (Å²) in [5.74, 6) is -1.88. The number of carbonyl (C=O) groups is 2. The summed E-state index contributed by atoms with van der Waals surface area (Å²) in [6.45, 7) is 0. The quantitative estimate of drug-likeness (QED) is 0.519. The lowest BCUT2D eigenvalue weighted by molar-refractivity contribution is -0.408. The van der Waals surface area contributed by atoms with E-state index >= 15 is 0 Å². The maximum Gasteiger partial charge on any atom is 0.362 e. The van der Waals surface area contributed by atoms with Gasteiger partial charge in [0.25, 0.3) is 7.94 Å². The maximum atomic E-state index is 12.4. The van der Waals surface area contributed by atoms with Crippen LogP contribution in [-0.2, 0) is 20.5 Å². The van der Waals surface area contributed by atoms with Gasteiger partial charge in [0.15, 0.2) is 11.8 Å². The molecule has 1 aromatic rings. The van der Waals surface area contributed by atoms with Gasteiger partial charge in [-0.25, -0.2) is 9.32 Å². The summed E-state index contributed by atoms with van der Waals surface area (Å²) in [5, 5.41) is 17.5. The van der Waals surface area contributed by atoms with Crippen molar-refractivity contribution in [1.29, 1.82) is 0 Å². The molecular formula is C13H19NO7P+. The van der Waals surface area contributed by atoms with Gasteiger partial charge < -0.3 is 25.4 Å². The Balaban J connectivity index is 2.75. The largest absolute Gasteiger partial charge is 0.624 e. The topological polar surface area (TPSA) is 144 Å². The van der Waals surface area contributed by atoms with E-state index in [4.69, 9.17) is 19.3 Å². The molecule has 122 valence electrons. The van der Waals surface area contributed by atoms with E-state index in [1.54, 1.807) is 12.1 Å². The molecule has 0 amide bonds. The normalized spacial score (nSPS) is 14.9. The summed E-state index contributed by atoms with van der Waals surface area (Å²) in [6, 6.07) is 5.25. The van der Waals surface area contributed by atoms with E-state index in [2.05, 4.69) is 5.73 Å². The van der Waals surface area contributed by atoms with Crippen LogP contribution in [0.4, 0.5) is 0 Å². The van der Waals surface area contributed by atoms with Crippen LogP contribution in [0.5, 0.6) is 5.75 Å². The minimum absolute atomic E-state index is 0.0370. The molecule has 0 aliphatic heterocycles. The highest BCUT2D eigenvalue weighted by Gasteiger charge is 2.33. The molecule has 0 aliphatic rings. The number of quaternary nitrogens is 1. The predicted octanol–water partition coefficient (Wildman–Crippen LogP) is -0.453. The van der Waals surface area contributed by atoms with Crippen LogP contribution in [0.1, 0.15) is 12.0 Å². The molecule has 8 nitrogen and oxygen atoms in total. The molecule has 22 heavy (non-hydrogen) atoms.